The van der Waals surface area contributed by atoms with E-state index in [0.29, 0.717) is 13.1 Å². The Bertz CT molecular complexity index is 352. The van der Waals surface area contributed by atoms with Crippen LogP contribution in [-0.2, 0) is 14.6 Å². The topological polar surface area (TPSA) is 66.5 Å². The minimum atomic E-state index is -2.89. The minimum absolute atomic E-state index is 0. The lowest BCUT2D eigenvalue weighted by Crippen LogP contribution is -2.52. The van der Waals surface area contributed by atoms with Crippen molar-refractivity contribution in [3.63, 3.8) is 0 Å². The molecule has 1 N–H and O–H groups in total. The molecule has 0 saturated carbocycles. The van der Waals surface area contributed by atoms with Gasteiger partial charge in [0.05, 0.1) is 17.5 Å². The van der Waals surface area contributed by atoms with E-state index < -0.39 is 9.84 Å². The van der Waals surface area contributed by atoms with Crippen molar-refractivity contribution >= 4 is 28.2 Å². The Balaban J connectivity index is 0.00000144. The maximum atomic E-state index is 12.0. The van der Waals surface area contributed by atoms with Gasteiger partial charge in [0.1, 0.15) is 0 Å². The molecule has 0 aromatic rings. The largest absolute Gasteiger partial charge is 0.339 e. The number of rotatable bonds is 1. The molecule has 0 aromatic heterocycles. The van der Waals surface area contributed by atoms with Crippen molar-refractivity contribution in [3.05, 3.63) is 0 Å². The lowest BCUT2D eigenvalue weighted by molar-refractivity contribution is -0.133. The zero-order valence-corrected chi connectivity index (χ0v) is 11.4. The van der Waals surface area contributed by atoms with Gasteiger partial charge in [0, 0.05) is 13.1 Å². The quantitative estimate of drug-likeness (QED) is 0.724. The van der Waals surface area contributed by atoms with Crippen molar-refractivity contribution in [2.75, 3.05) is 31.1 Å². The van der Waals surface area contributed by atoms with E-state index in [-0.39, 0.29) is 35.9 Å². The molecule has 2 heterocycles. The summed E-state index contributed by atoms with van der Waals surface area (Å²) in [7, 11) is -2.89. The van der Waals surface area contributed by atoms with Gasteiger partial charge in [-0.1, -0.05) is 6.42 Å². The summed E-state index contributed by atoms with van der Waals surface area (Å²) in [5.41, 5.74) is 0. The van der Waals surface area contributed by atoms with E-state index in [4.69, 9.17) is 0 Å². The monoisotopic (exact) mass is 282 g/mol. The van der Waals surface area contributed by atoms with Gasteiger partial charge >= 0.3 is 0 Å². The maximum absolute atomic E-state index is 12.0. The van der Waals surface area contributed by atoms with E-state index in [9.17, 15) is 13.2 Å². The fraction of sp³-hybridized carbons (Fsp3) is 0.900. The van der Waals surface area contributed by atoms with E-state index in [0.717, 1.165) is 25.8 Å². The number of carbonyl (C=O) groups excluding carboxylic acids is 1. The number of amides is 1. The van der Waals surface area contributed by atoms with E-state index in [2.05, 4.69) is 5.32 Å². The fourth-order valence-electron chi connectivity index (χ4n) is 2.22. The van der Waals surface area contributed by atoms with Crippen molar-refractivity contribution in [1.29, 1.82) is 0 Å². The number of halogens is 1. The van der Waals surface area contributed by atoms with Gasteiger partial charge in [0.25, 0.3) is 0 Å². The van der Waals surface area contributed by atoms with Gasteiger partial charge in [0.15, 0.2) is 9.84 Å². The molecular formula is C10H19ClN2O3S. The Morgan fingerprint density at radius 3 is 2.35 bits per heavy atom. The molecule has 0 radical (unpaired) electrons. The van der Waals surface area contributed by atoms with Crippen LogP contribution in [0, 0.1) is 0 Å². The van der Waals surface area contributed by atoms with Crippen molar-refractivity contribution < 1.29 is 13.2 Å². The summed E-state index contributed by atoms with van der Waals surface area (Å²) in [6.07, 6.45) is 3.08. The SMILES string of the molecule is Cl.O=C([C@H]1CCCCN1)N1CCS(=O)(=O)CC1. The van der Waals surface area contributed by atoms with E-state index in [1.165, 1.54) is 0 Å². The minimum Gasteiger partial charge on any atom is -0.339 e. The first kappa shape index (κ1) is 14.7. The number of carbonyl (C=O) groups is 1. The highest BCUT2D eigenvalue weighted by Gasteiger charge is 2.30. The zero-order chi connectivity index (χ0) is 11.6. The molecule has 0 aromatic carbocycles. The van der Waals surface area contributed by atoms with Crippen LogP contribution in [0.3, 0.4) is 0 Å². The second-order valence-electron chi connectivity index (χ2n) is 4.48. The number of nitrogens with one attached hydrogen (secondary N) is 1. The summed E-state index contributed by atoms with van der Waals surface area (Å²) in [5, 5.41) is 3.20. The first-order valence-electron chi connectivity index (χ1n) is 5.81. The first-order valence-corrected chi connectivity index (χ1v) is 7.63. The maximum Gasteiger partial charge on any atom is 0.239 e. The molecule has 0 unspecified atom stereocenters. The van der Waals surface area contributed by atoms with Crippen molar-refractivity contribution in [1.82, 2.24) is 10.2 Å². The van der Waals surface area contributed by atoms with Crippen molar-refractivity contribution in [2.24, 2.45) is 0 Å². The summed E-state index contributed by atoms with van der Waals surface area (Å²) in [6, 6.07) is -0.0884. The Hall–Kier alpha value is -0.330. The predicted molar refractivity (Wildman–Crippen MR) is 68.1 cm³/mol. The van der Waals surface area contributed by atoms with Gasteiger partial charge in [0.2, 0.25) is 5.91 Å². The average Bonchev–Trinajstić information content (AvgIpc) is 2.29. The van der Waals surface area contributed by atoms with Crippen LogP contribution in [0.1, 0.15) is 19.3 Å². The molecule has 2 rings (SSSR count). The molecule has 1 amide bonds. The predicted octanol–water partition coefficient (Wildman–Crippen LogP) is -0.193. The van der Waals surface area contributed by atoms with Crippen LogP contribution in [0.15, 0.2) is 0 Å². The highest BCUT2D eigenvalue weighted by Crippen LogP contribution is 2.12. The van der Waals surface area contributed by atoms with Gasteiger partial charge < -0.3 is 10.2 Å². The number of hydrogen-bond donors (Lipinski definition) is 1. The smallest absolute Gasteiger partial charge is 0.239 e. The molecule has 5 nitrogen and oxygen atoms in total. The average molecular weight is 283 g/mol. The summed E-state index contributed by atoms with van der Waals surface area (Å²) in [5.74, 6) is 0.311. The molecule has 0 aliphatic carbocycles. The molecule has 2 fully saturated rings. The third-order valence-electron chi connectivity index (χ3n) is 3.26. The highest BCUT2D eigenvalue weighted by atomic mass is 35.5. The van der Waals surface area contributed by atoms with Crippen LogP contribution >= 0.6 is 12.4 Å². The summed E-state index contributed by atoms with van der Waals surface area (Å²) < 4.78 is 22.5. The van der Waals surface area contributed by atoms with Gasteiger partial charge in [-0.2, -0.15) is 0 Å². The zero-order valence-electron chi connectivity index (χ0n) is 9.72. The molecule has 2 aliphatic heterocycles. The Kier molecular flexibility index (Phi) is 5.22. The van der Waals surface area contributed by atoms with Crippen LogP contribution in [0.4, 0.5) is 0 Å². The molecule has 1 atom stereocenters. The van der Waals surface area contributed by atoms with Gasteiger partial charge in [-0.15, -0.1) is 12.4 Å². The van der Waals surface area contributed by atoms with Crippen LogP contribution in [-0.4, -0.2) is 56.4 Å². The van der Waals surface area contributed by atoms with Crippen molar-refractivity contribution in [2.45, 2.75) is 25.3 Å². The van der Waals surface area contributed by atoms with Crippen LogP contribution in [0.2, 0.25) is 0 Å². The van der Waals surface area contributed by atoms with Crippen molar-refractivity contribution in [3.8, 4) is 0 Å². The Morgan fingerprint density at radius 1 is 1.18 bits per heavy atom. The third-order valence-corrected chi connectivity index (χ3v) is 4.87. The molecule has 0 spiro atoms. The first-order chi connectivity index (χ1) is 7.58. The van der Waals surface area contributed by atoms with Crippen LogP contribution in [0.5, 0.6) is 0 Å². The lowest BCUT2D eigenvalue weighted by atomic mass is 10.0. The summed E-state index contributed by atoms with van der Waals surface area (Å²) in [4.78, 5) is 13.7. The van der Waals surface area contributed by atoms with Crippen LogP contribution < -0.4 is 5.32 Å². The molecular weight excluding hydrogens is 264 g/mol. The second-order valence-corrected chi connectivity index (χ2v) is 6.78. The molecule has 2 saturated heterocycles. The van der Waals surface area contributed by atoms with Gasteiger partial charge in [-0.3, -0.25) is 4.79 Å². The lowest BCUT2D eigenvalue weighted by Gasteiger charge is -2.32. The molecule has 0 bridgehead atoms. The number of nitrogens with zero attached hydrogens (tertiary/aromatic N) is 1. The van der Waals surface area contributed by atoms with Gasteiger partial charge in [-0.25, -0.2) is 8.42 Å². The number of sulfone groups is 1. The normalized spacial score (nSPS) is 28.2. The highest BCUT2D eigenvalue weighted by molar-refractivity contribution is 7.91. The van der Waals surface area contributed by atoms with E-state index in [1.807, 2.05) is 0 Å². The Morgan fingerprint density at radius 2 is 1.82 bits per heavy atom. The molecule has 7 heteroatoms. The molecule has 17 heavy (non-hydrogen) atoms. The third kappa shape index (κ3) is 3.82. The molecule has 100 valence electrons. The van der Waals surface area contributed by atoms with E-state index >= 15 is 0 Å². The van der Waals surface area contributed by atoms with Gasteiger partial charge in [-0.05, 0) is 19.4 Å². The second kappa shape index (κ2) is 6.02. The molecule has 2 aliphatic rings. The fourth-order valence-corrected chi connectivity index (χ4v) is 3.42. The Labute approximate surface area is 108 Å². The standard InChI is InChI=1S/C10H18N2O3S.ClH/c13-10(9-3-1-2-4-11-9)12-5-7-16(14,15)8-6-12;/h9,11H,1-8H2;1H/t9-;/m1./s1. The summed E-state index contributed by atoms with van der Waals surface area (Å²) >= 11 is 0. The summed E-state index contributed by atoms with van der Waals surface area (Å²) in [6.45, 7) is 1.61. The van der Waals surface area contributed by atoms with Crippen LogP contribution in [0.25, 0.3) is 0 Å². The van der Waals surface area contributed by atoms with E-state index in [1.54, 1.807) is 4.90 Å². The number of hydrogen-bond acceptors (Lipinski definition) is 4. The number of piperidine rings is 1.